The van der Waals surface area contributed by atoms with Gasteiger partial charge in [-0.3, -0.25) is 0 Å². The summed E-state index contributed by atoms with van der Waals surface area (Å²) in [6.07, 6.45) is -4.69. The molecule has 11 heteroatoms. The van der Waals surface area contributed by atoms with Crippen LogP contribution >= 0.6 is 38.9 Å². The van der Waals surface area contributed by atoms with Crippen molar-refractivity contribution >= 4 is 38.9 Å². The maximum absolute atomic E-state index is 14.1. The van der Waals surface area contributed by atoms with Crippen LogP contribution in [-0.4, -0.2) is 17.5 Å². The predicted molar refractivity (Wildman–Crippen MR) is 120 cm³/mol. The Morgan fingerprint density at radius 1 is 1.21 bits per heavy atom. The van der Waals surface area contributed by atoms with Crippen molar-refractivity contribution in [3.05, 3.63) is 78.0 Å². The second kappa shape index (κ2) is 8.11. The minimum atomic E-state index is -3.80. The maximum atomic E-state index is 14.1. The second-order valence-electron chi connectivity index (χ2n) is 7.71. The standard InChI is InChI=1S/C22H14BrClF2N2O4S/c23-21-14(8-27)19(24)18(33-21)11-28(29)9-12-4-1-2-6-15(12)30-17(10-28)13-5-3-7-16-20(13)32-22(25,26)31-16/h1-7,17H,9-11H2. The SMILES string of the molecule is N#Cc1c(Br)sc(C[N+]2([O-])Cc3ccccc3OC(c3cccc4c3OC(F)(F)O4)C2)c1Cl. The molecule has 0 amide bonds. The number of benzene rings is 2. The summed E-state index contributed by atoms with van der Waals surface area (Å²) in [7, 11) is 0. The summed E-state index contributed by atoms with van der Waals surface area (Å²) >= 11 is 10.9. The molecule has 0 N–H and O–H groups in total. The molecule has 0 spiro atoms. The van der Waals surface area contributed by atoms with Gasteiger partial charge in [-0.15, -0.1) is 20.1 Å². The molecule has 0 bridgehead atoms. The molecule has 0 saturated carbocycles. The van der Waals surface area contributed by atoms with Gasteiger partial charge in [0, 0.05) is 11.1 Å². The van der Waals surface area contributed by atoms with Crippen LogP contribution in [-0.2, 0) is 13.1 Å². The molecule has 2 atom stereocenters. The molecule has 33 heavy (non-hydrogen) atoms. The number of alkyl halides is 2. The van der Waals surface area contributed by atoms with E-state index in [4.69, 9.17) is 21.1 Å². The molecule has 3 aromatic rings. The molecule has 0 aliphatic carbocycles. The van der Waals surface area contributed by atoms with Crippen molar-refractivity contribution in [1.29, 1.82) is 5.26 Å². The number of fused-ring (bicyclic) bond motifs is 2. The van der Waals surface area contributed by atoms with Gasteiger partial charge in [0.1, 0.15) is 31.5 Å². The molecule has 0 fully saturated rings. The van der Waals surface area contributed by atoms with Crippen molar-refractivity contribution in [3.63, 3.8) is 0 Å². The van der Waals surface area contributed by atoms with Crippen molar-refractivity contribution < 1.29 is 27.6 Å². The van der Waals surface area contributed by atoms with Crippen molar-refractivity contribution in [2.75, 3.05) is 6.54 Å². The van der Waals surface area contributed by atoms with Crippen LogP contribution in [0, 0.1) is 16.5 Å². The Hall–Kier alpha value is -2.42. The fourth-order valence-electron chi connectivity index (χ4n) is 4.03. The van der Waals surface area contributed by atoms with E-state index >= 15 is 0 Å². The van der Waals surface area contributed by atoms with Crippen molar-refractivity contribution in [1.82, 2.24) is 0 Å². The van der Waals surface area contributed by atoms with Gasteiger partial charge < -0.3 is 24.1 Å². The first-order chi connectivity index (χ1) is 15.7. The molecule has 2 unspecified atom stereocenters. The number of nitriles is 1. The van der Waals surface area contributed by atoms with Crippen LogP contribution in [0.4, 0.5) is 8.78 Å². The van der Waals surface area contributed by atoms with E-state index in [1.807, 2.05) is 6.07 Å². The topological polar surface area (TPSA) is 74.5 Å². The van der Waals surface area contributed by atoms with E-state index in [-0.39, 0.29) is 47.3 Å². The number of ether oxygens (including phenoxy) is 3. The molecular formula is C22H14BrClF2N2O4S. The van der Waals surface area contributed by atoms with Gasteiger partial charge in [0.05, 0.1) is 19.2 Å². The number of hydrogen-bond donors (Lipinski definition) is 0. The van der Waals surface area contributed by atoms with Crippen molar-refractivity contribution in [3.8, 4) is 23.3 Å². The maximum Gasteiger partial charge on any atom is 0.586 e. The third-order valence-corrected chi connectivity index (χ3v) is 7.80. The number of hydrogen-bond acceptors (Lipinski definition) is 6. The molecule has 2 aromatic carbocycles. The Morgan fingerprint density at radius 2 is 1.97 bits per heavy atom. The Labute approximate surface area is 204 Å². The predicted octanol–water partition coefficient (Wildman–Crippen LogP) is 6.51. The van der Waals surface area contributed by atoms with E-state index in [1.54, 1.807) is 36.4 Å². The molecular weight excluding hydrogens is 542 g/mol. The van der Waals surface area contributed by atoms with E-state index in [0.29, 0.717) is 20.0 Å². The Morgan fingerprint density at radius 3 is 2.73 bits per heavy atom. The highest BCUT2D eigenvalue weighted by atomic mass is 79.9. The number of thiophene rings is 1. The van der Waals surface area contributed by atoms with Gasteiger partial charge in [-0.05, 0) is 34.1 Å². The minimum Gasteiger partial charge on any atom is -0.632 e. The third kappa shape index (κ3) is 4.16. The molecule has 5 rings (SSSR count). The molecule has 2 aliphatic heterocycles. The molecule has 0 radical (unpaired) electrons. The minimum absolute atomic E-state index is 0.0273. The van der Waals surface area contributed by atoms with Crippen LogP contribution in [0.15, 0.2) is 46.3 Å². The van der Waals surface area contributed by atoms with E-state index in [2.05, 4.69) is 20.7 Å². The van der Waals surface area contributed by atoms with Gasteiger partial charge >= 0.3 is 6.29 Å². The average Bonchev–Trinajstić information content (AvgIpc) is 3.15. The monoisotopic (exact) mass is 554 g/mol. The van der Waals surface area contributed by atoms with Gasteiger partial charge in [-0.2, -0.15) is 5.26 Å². The van der Waals surface area contributed by atoms with Crippen LogP contribution in [0.3, 0.4) is 0 Å². The Kier molecular flexibility index (Phi) is 5.50. The molecule has 3 heterocycles. The van der Waals surface area contributed by atoms with Crippen LogP contribution < -0.4 is 14.2 Å². The highest BCUT2D eigenvalue weighted by molar-refractivity contribution is 9.11. The number of quaternary nitrogens is 1. The third-order valence-electron chi connectivity index (χ3n) is 5.42. The highest BCUT2D eigenvalue weighted by Crippen LogP contribution is 2.48. The normalized spacial score (nSPS) is 22.7. The summed E-state index contributed by atoms with van der Waals surface area (Å²) in [5.41, 5.74) is 1.24. The summed E-state index contributed by atoms with van der Waals surface area (Å²) in [6.45, 7) is -0.0583. The number of hydroxylamine groups is 3. The molecule has 2 aliphatic rings. The lowest BCUT2D eigenvalue weighted by atomic mass is 10.1. The number of para-hydroxylation sites is 2. The van der Waals surface area contributed by atoms with E-state index in [1.165, 1.54) is 17.4 Å². The molecule has 0 saturated heterocycles. The van der Waals surface area contributed by atoms with Gasteiger partial charge in [0.2, 0.25) is 0 Å². The van der Waals surface area contributed by atoms with Gasteiger partial charge in [-0.25, -0.2) is 0 Å². The number of nitrogens with zero attached hydrogens (tertiary/aromatic N) is 2. The first kappa shape index (κ1) is 22.4. The Balaban J connectivity index is 1.57. The van der Waals surface area contributed by atoms with Crippen LogP contribution in [0.5, 0.6) is 17.2 Å². The quantitative estimate of drug-likeness (QED) is 0.272. The molecule has 6 nitrogen and oxygen atoms in total. The van der Waals surface area contributed by atoms with Gasteiger partial charge in [0.25, 0.3) is 0 Å². The zero-order valence-corrected chi connectivity index (χ0v) is 19.8. The molecule has 170 valence electrons. The lowest BCUT2D eigenvalue weighted by molar-refractivity contribution is -0.908. The summed E-state index contributed by atoms with van der Waals surface area (Å²) in [4.78, 5) is 0.553. The van der Waals surface area contributed by atoms with Crippen LogP contribution in [0.25, 0.3) is 0 Å². The van der Waals surface area contributed by atoms with Crippen LogP contribution in [0.2, 0.25) is 5.02 Å². The summed E-state index contributed by atoms with van der Waals surface area (Å²) in [5.74, 6) is 0.214. The summed E-state index contributed by atoms with van der Waals surface area (Å²) < 4.78 is 42.8. The lowest BCUT2D eigenvalue weighted by Gasteiger charge is -2.42. The Bertz CT molecular complexity index is 1300. The summed E-state index contributed by atoms with van der Waals surface area (Å²) in [5, 5.41) is 23.7. The lowest BCUT2D eigenvalue weighted by Crippen LogP contribution is -2.43. The van der Waals surface area contributed by atoms with E-state index < -0.39 is 17.0 Å². The number of halogens is 4. The molecule has 1 aromatic heterocycles. The smallest absolute Gasteiger partial charge is 0.586 e. The van der Waals surface area contributed by atoms with Crippen molar-refractivity contribution in [2.45, 2.75) is 25.5 Å². The fraction of sp³-hybridized carbons (Fsp3) is 0.227. The average molecular weight is 556 g/mol. The second-order valence-corrected chi connectivity index (χ2v) is 10.5. The zero-order chi connectivity index (χ0) is 23.4. The van der Waals surface area contributed by atoms with E-state index in [9.17, 15) is 19.2 Å². The largest absolute Gasteiger partial charge is 0.632 e. The van der Waals surface area contributed by atoms with E-state index in [0.717, 1.165) is 0 Å². The zero-order valence-electron chi connectivity index (χ0n) is 16.7. The fourth-order valence-corrected chi connectivity index (χ4v) is 6.34. The van der Waals surface area contributed by atoms with Crippen LogP contribution in [0.1, 0.15) is 27.7 Å². The van der Waals surface area contributed by atoms with Gasteiger partial charge in [-0.1, -0.05) is 35.9 Å². The van der Waals surface area contributed by atoms with Gasteiger partial charge in [0.15, 0.2) is 17.6 Å². The van der Waals surface area contributed by atoms with Crippen molar-refractivity contribution in [2.24, 2.45) is 0 Å². The first-order valence-electron chi connectivity index (χ1n) is 9.75. The summed E-state index contributed by atoms with van der Waals surface area (Å²) in [6, 6.07) is 13.6. The number of rotatable bonds is 3. The highest BCUT2D eigenvalue weighted by Gasteiger charge is 2.46. The first-order valence-corrected chi connectivity index (χ1v) is 11.7.